The van der Waals surface area contributed by atoms with Gasteiger partial charge in [0.05, 0.1) is 0 Å². The van der Waals surface area contributed by atoms with E-state index in [-0.39, 0.29) is 0 Å². The predicted octanol–water partition coefficient (Wildman–Crippen LogP) is 3.35. The molecule has 3 nitrogen and oxygen atoms in total. The van der Waals surface area contributed by atoms with Gasteiger partial charge in [-0.15, -0.1) is 0 Å². The average Bonchev–Trinajstić information content (AvgIpc) is 2.41. The van der Waals surface area contributed by atoms with Gasteiger partial charge in [0.1, 0.15) is 4.90 Å². The molecule has 0 aliphatic heterocycles. The zero-order chi connectivity index (χ0) is 16.4. The van der Waals surface area contributed by atoms with Crippen LogP contribution in [0.3, 0.4) is 0 Å². The molecule has 0 unspecified atom stereocenters. The maximum atomic E-state index is 13.9. The second-order valence-electron chi connectivity index (χ2n) is 7.48. The maximum absolute atomic E-state index is 13.9. The van der Waals surface area contributed by atoms with Crippen molar-refractivity contribution in [1.82, 2.24) is 4.72 Å². The van der Waals surface area contributed by atoms with Crippen molar-refractivity contribution >= 4 is 10.0 Å². The fourth-order valence-electron chi connectivity index (χ4n) is 5.29. The van der Waals surface area contributed by atoms with Crippen molar-refractivity contribution in [1.29, 1.82) is 0 Å². The molecule has 4 saturated carbocycles. The van der Waals surface area contributed by atoms with Crippen molar-refractivity contribution in [2.24, 2.45) is 17.8 Å². The fourth-order valence-corrected chi connectivity index (χ4v) is 6.79. The Kier molecular flexibility index (Phi) is 3.33. The zero-order valence-electron chi connectivity index (χ0n) is 12.5. The molecule has 4 bridgehead atoms. The minimum absolute atomic E-state index is 0.513. The third-order valence-electron chi connectivity index (χ3n) is 5.68. The summed E-state index contributed by atoms with van der Waals surface area (Å²) in [7, 11) is -4.22. The SMILES string of the molecule is O=S(=O)(NC12CC3CC(CC(C3)C1)C2)c1ccc(F)c(F)c1F. The van der Waals surface area contributed by atoms with Crippen molar-refractivity contribution < 1.29 is 21.6 Å². The highest BCUT2D eigenvalue weighted by Crippen LogP contribution is 2.56. The highest BCUT2D eigenvalue weighted by molar-refractivity contribution is 7.89. The average molecular weight is 345 g/mol. The van der Waals surface area contributed by atoms with E-state index in [1.807, 2.05) is 0 Å². The molecule has 1 aromatic carbocycles. The topological polar surface area (TPSA) is 46.2 Å². The summed E-state index contributed by atoms with van der Waals surface area (Å²) in [5.74, 6) is -3.26. The molecule has 23 heavy (non-hydrogen) atoms. The molecule has 4 fully saturated rings. The standard InChI is InChI=1S/C16H18F3NO2S/c17-12-1-2-13(15(19)14(12)18)23(21,22)20-16-6-9-3-10(7-16)5-11(4-9)8-16/h1-2,9-11,20H,3-8H2. The van der Waals surface area contributed by atoms with Gasteiger partial charge in [0, 0.05) is 5.54 Å². The van der Waals surface area contributed by atoms with Gasteiger partial charge in [0.25, 0.3) is 0 Å². The molecule has 1 N–H and O–H groups in total. The smallest absolute Gasteiger partial charge is 0.207 e. The van der Waals surface area contributed by atoms with E-state index >= 15 is 0 Å². The van der Waals surface area contributed by atoms with E-state index in [0.717, 1.165) is 44.6 Å². The Hall–Kier alpha value is -1.08. The van der Waals surface area contributed by atoms with E-state index in [0.29, 0.717) is 23.8 Å². The van der Waals surface area contributed by atoms with Crippen LogP contribution in [0.1, 0.15) is 38.5 Å². The minimum Gasteiger partial charge on any atom is -0.207 e. The molecule has 0 amide bonds. The van der Waals surface area contributed by atoms with E-state index in [2.05, 4.69) is 4.72 Å². The highest BCUT2D eigenvalue weighted by atomic mass is 32.2. The normalized spacial score (nSPS) is 35.7. The van der Waals surface area contributed by atoms with Crippen LogP contribution in [0.2, 0.25) is 0 Å². The molecule has 0 atom stereocenters. The van der Waals surface area contributed by atoms with E-state index in [9.17, 15) is 21.6 Å². The molecule has 0 heterocycles. The Morgan fingerprint density at radius 1 is 0.913 bits per heavy atom. The Morgan fingerprint density at radius 2 is 1.43 bits per heavy atom. The number of sulfonamides is 1. The summed E-state index contributed by atoms with van der Waals surface area (Å²) in [6, 6.07) is 1.43. The van der Waals surface area contributed by atoms with Crippen LogP contribution in [0.15, 0.2) is 17.0 Å². The largest absolute Gasteiger partial charge is 0.244 e. The van der Waals surface area contributed by atoms with Crippen LogP contribution in [-0.4, -0.2) is 14.0 Å². The Balaban J connectivity index is 1.67. The van der Waals surface area contributed by atoms with Crippen LogP contribution in [0.5, 0.6) is 0 Å². The Morgan fingerprint density at radius 3 is 1.96 bits per heavy atom. The van der Waals surface area contributed by atoms with Gasteiger partial charge in [-0.25, -0.2) is 26.3 Å². The molecule has 7 heteroatoms. The first-order valence-corrected chi connectivity index (χ1v) is 9.44. The lowest BCUT2D eigenvalue weighted by Gasteiger charge is -2.56. The van der Waals surface area contributed by atoms with Gasteiger partial charge >= 0.3 is 0 Å². The number of hydrogen-bond acceptors (Lipinski definition) is 2. The number of rotatable bonds is 3. The van der Waals surface area contributed by atoms with Crippen molar-refractivity contribution in [3.05, 3.63) is 29.6 Å². The van der Waals surface area contributed by atoms with Gasteiger partial charge in [-0.3, -0.25) is 0 Å². The molecular weight excluding hydrogens is 327 g/mol. The predicted molar refractivity (Wildman–Crippen MR) is 77.5 cm³/mol. The molecule has 0 aromatic heterocycles. The summed E-state index contributed by atoms with van der Waals surface area (Å²) in [5, 5.41) is 0. The third-order valence-corrected chi connectivity index (χ3v) is 7.27. The van der Waals surface area contributed by atoms with E-state index < -0.39 is 37.9 Å². The lowest BCUT2D eigenvalue weighted by atomic mass is 9.53. The number of nitrogens with one attached hydrogen (secondary N) is 1. The quantitative estimate of drug-likeness (QED) is 0.854. The first kappa shape index (κ1) is 15.4. The number of benzene rings is 1. The van der Waals surface area contributed by atoms with Gasteiger partial charge in [-0.05, 0) is 68.4 Å². The summed E-state index contributed by atoms with van der Waals surface area (Å²) >= 11 is 0. The third kappa shape index (κ3) is 2.48. The second kappa shape index (κ2) is 4.96. The van der Waals surface area contributed by atoms with Crippen LogP contribution in [0, 0.1) is 35.2 Å². The van der Waals surface area contributed by atoms with Gasteiger partial charge in [-0.2, -0.15) is 0 Å². The lowest BCUT2D eigenvalue weighted by Crippen LogP contribution is -2.59. The molecule has 4 aliphatic rings. The highest BCUT2D eigenvalue weighted by Gasteiger charge is 2.52. The molecule has 0 spiro atoms. The van der Waals surface area contributed by atoms with Crippen LogP contribution in [0.4, 0.5) is 13.2 Å². The fraction of sp³-hybridized carbons (Fsp3) is 0.625. The van der Waals surface area contributed by atoms with Crippen molar-refractivity contribution in [3.63, 3.8) is 0 Å². The molecule has 126 valence electrons. The zero-order valence-corrected chi connectivity index (χ0v) is 13.3. The lowest BCUT2D eigenvalue weighted by molar-refractivity contribution is -0.00812. The minimum atomic E-state index is -4.22. The second-order valence-corrected chi connectivity index (χ2v) is 9.13. The first-order chi connectivity index (χ1) is 10.8. The monoisotopic (exact) mass is 345 g/mol. The van der Waals surface area contributed by atoms with E-state index in [1.54, 1.807) is 0 Å². The summed E-state index contributed by atoms with van der Waals surface area (Å²) < 4.78 is 68.1. The first-order valence-electron chi connectivity index (χ1n) is 7.95. The van der Waals surface area contributed by atoms with Crippen LogP contribution in [0.25, 0.3) is 0 Å². The Bertz CT molecular complexity index is 728. The van der Waals surface area contributed by atoms with Crippen LogP contribution < -0.4 is 4.72 Å². The molecule has 1 aromatic rings. The van der Waals surface area contributed by atoms with Crippen molar-refractivity contribution in [3.8, 4) is 0 Å². The van der Waals surface area contributed by atoms with Gasteiger partial charge in [0.15, 0.2) is 17.5 Å². The summed E-state index contributed by atoms with van der Waals surface area (Å²) in [6.45, 7) is 0. The summed E-state index contributed by atoms with van der Waals surface area (Å²) in [6.07, 6.45) is 5.68. The molecule has 0 radical (unpaired) electrons. The molecule has 4 aliphatic carbocycles. The van der Waals surface area contributed by atoms with E-state index in [4.69, 9.17) is 0 Å². The van der Waals surface area contributed by atoms with Crippen LogP contribution in [-0.2, 0) is 10.0 Å². The van der Waals surface area contributed by atoms with Crippen molar-refractivity contribution in [2.45, 2.75) is 49.0 Å². The summed E-state index contributed by atoms with van der Waals surface area (Å²) in [5.41, 5.74) is -0.551. The van der Waals surface area contributed by atoms with Gasteiger partial charge in [-0.1, -0.05) is 0 Å². The molecular formula is C16H18F3NO2S. The molecule has 5 rings (SSSR count). The molecule has 0 saturated heterocycles. The van der Waals surface area contributed by atoms with Gasteiger partial charge in [0.2, 0.25) is 10.0 Å². The van der Waals surface area contributed by atoms with Crippen LogP contribution >= 0.6 is 0 Å². The number of hydrogen-bond donors (Lipinski definition) is 1. The maximum Gasteiger partial charge on any atom is 0.244 e. The van der Waals surface area contributed by atoms with E-state index in [1.165, 1.54) is 0 Å². The summed E-state index contributed by atoms with van der Waals surface area (Å²) in [4.78, 5) is -0.813. The van der Waals surface area contributed by atoms with Crippen molar-refractivity contribution in [2.75, 3.05) is 0 Å². The van der Waals surface area contributed by atoms with Gasteiger partial charge < -0.3 is 0 Å². The number of halogens is 3. The Labute approximate surface area is 133 Å².